The van der Waals surface area contributed by atoms with Crippen LogP contribution in [-0.2, 0) is 19.6 Å². The third-order valence-electron chi connectivity index (χ3n) is 6.31. The minimum atomic E-state index is -3.89. The van der Waals surface area contributed by atoms with Crippen molar-refractivity contribution in [2.75, 3.05) is 32.8 Å². The molecule has 2 aromatic rings. The van der Waals surface area contributed by atoms with Crippen LogP contribution >= 0.6 is 23.2 Å². The average Bonchev–Trinajstić information content (AvgIpc) is 3.30. The van der Waals surface area contributed by atoms with Gasteiger partial charge in [0.05, 0.1) is 16.7 Å². The van der Waals surface area contributed by atoms with Gasteiger partial charge in [-0.15, -0.1) is 0 Å². The van der Waals surface area contributed by atoms with E-state index >= 15 is 0 Å². The van der Waals surface area contributed by atoms with Gasteiger partial charge in [0.1, 0.15) is 11.5 Å². The van der Waals surface area contributed by atoms with E-state index in [4.69, 9.17) is 27.9 Å². The minimum absolute atomic E-state index is 0.0691. The summed E-state index contributed by atoms with van der Waals surface area (Å²) in [5.41, 5.74) is 1.18. The van der Waals surface area contributed by atoms with Crippen LogP contribution in [0.3, 0.4) is 0 Å². The van der Waals surface area contributed by atoms with Crippen molar-refractivity contribution < 1.29 is 17.9 Å². The topological polar surface area (TPSA) is 79.8 Å². The van der Waals surface area contributed by atoms with Crippen molar-refractivity contribution in [2.45, 2.75) is 42.5 Å². The molecule has 1 amide bonds. The molecule has 33 heavy (non-hydrogen) atoms. The fraction of sp³-hybridized carbons (Fsp3) is 0.478. The lowest BCUT2D eigenvalue weighted by Crippen LogP contribution is -2.46. The third kappa shape index (κ3) is 5.52. The molecule has 0 spiro atoms. The van der Waals surface area contributed by atoms with Crippen LogP contribution < -0.4 is 0 Å². The van der Waals surface area contributed by atoms with Crippen molar-refractivity contribution in [1.29, 1.82) is 0 Å². The Morgan fingerprint density at radius 2 is 1.79 bits per heavy atom. The molecule has 10 heteroatoms. The molecule has 1 aromatic heterocycles. The first-order valence-corrected chi connectivity index (χ1v) is 13.3. The van der Waals surface area contributed by atoms with Gasteiger partial charge in [-0.05, 0) is 49.1 Å². The van der Waals surface area contributed by atoms with Gasteiger partial charge in [0, 0.05) is 44.0 Å². The lowest BCUT2D eigenvalue weighted by molar-refractivity contribution is -0.135. The quantitative estimate of drug-likeness (QED) is 0.561. The number of sulfonamides is 1. The summed E-state index contributed by atoms with van der Waals surface area (Å²) in [5, 5.41) is 0.196. The predicted molar refractivity (Wildman–Crippen MR) is 127 cm³/mol. The van der Waals surface area contributed by atoms with Crippen LogP contribution in [0.5, 0.6) is 0 Å². The number of rotatable bonds is 7. The van der Waals surface area contributed by atoms with Crippen molar-refractivity contribution >= 4 is 39.1 Å². The molecule has 0 N–H and O–H groups in total. The molecule has 2 saturated heterocycles. The fourth-order valence-corrected chi connectivity index (χ4v) is 7.35. The molecule has 7 nitrogen and oxygen atoms in total. The average molecular weight is 512 g/mol. The number of hydrogen-bond donors (Lipinski definition) is 0. The van der Waals surface area contributed by atoms with Gasteiger partial charge in [-0.25, -0.2) is 8.42 Å². The van der Waals surface area contributed by atoms with Gasteiger partial charge in [-0.3, -0.25) is 9.78 Å². The highest BCUT2D eigenvalue weighted by Gasteiger charge is 2.36. The van der Waals surface area contributed by atoms with E-state index in [1.807, 2.05) is 17.0 Å². The van der Waals surface area contributed by atoms with Crippen molar-refractivity contribution in [3.8, 4) is 0 Å². The van der Waals surface area contributed by atoms with Gasteiger partial charge >= 0.3 is 0 Å². The Labute approximate surface area is 204 Å². The molecule has 178 valence electrons. The first kappa shape index (κ1) is 24.4. The molecule has 0 radical (unpaired) electrons. The molecular formula is C23H27Cl2N3O4S. The summed E-state index contributed by atoms with van der Waals surface area (Å²) in [4.78, 5) is 18.5. The zero-order valence-corrected chi connectivity index (χ0v) is 20.5. The summed E-state index contributed by atoms with van der Waals surface area (Å²) < 4.78 is 33.8. The summed E-state index contributed by atoms with van der Waals surface area (Å²) in [6, 6.07) is 8.25. The molecule has 2 aliphatic heterocycles. The molecule has 1 aromatic carbocycles. The standard InChI is InChI=1S/C23H27Cl2N3O4S/c24-20-5-3-6-21(25)23(20)33(30,31)28-12-2-1-4-19(28)15-32-16-22(29)27-13-9-18(14-27)17-7-10-26-11-8-17/h3,5-8,10-11,18-19H,1-2,4,9,12-16H2. The van der Waals surface area contributed by atoms with Crippen molar-refractivity contribution in [3.63, 3.8) is 0 Å². The zero-order chi connectivity index (χ0) is 23.4. The Bertz CT molecular complexity index is 1060. The number of hydrogen-bond acceptors (Lipinski definition) is 5. The molecule has 0 aliphatic carbocycles. The van der Waals surface area contributed by atoms with Gasteiger partial charge < -0.3 is 9.64 Å². The number of likely N-dealkylation sites (tertiary alicyclic amines) is 1. The monoisotopic (exact) mass is 511 g/mol. The number of carbonyl (C=O) groups excluding carboxylic acids is 1. The summed E-state index contributed by atoms with van der Waals surface area (Å²) >= 11 is 12.4. The second-order valence-electron chi connectivity index (χ2n) is 8.44. The normalized spacial score (nSPS) is 21.9. The summed E-state index contributed by atoms with van der Waals surface area (Å²) in [6.07, 6.45) is 6.74. The number of pyridine rings is 1. The third-order valence-corrected chi connectivity index (χ3v) is 9.22. The van der Waals surface area contributed by atoms with Crippen LogP contribution in [0.1, 0.15) is 37.2 Å². The van der Waals surface area contributed by atoms with Gasteiger partial charge in [0.15, 0.2) is 0 Å². The number of aromatic nitrogens is 1. The first-order valence-electron chi connectivity index (χ1n) is 11.1. The van der Waals surface area contributed by atoms with Gasteiger partial charge in [-0.2, -0.15) is 4.31 Å². The van der Waals surface area contributed by atoms with Crippen LogP contribution in [0.25, 0.3) is 0 Å². The number of amides is 1. The zero-order valence-electron chi connectivity index (χ0n) is 18.2. The van der Waals surface area contributed by atoms with E-state index in [0.29, 0.717) is 32.0 Å². The molecule has 2 aliphatic rings. The van der Waals surface area contributed by atoms with E-state index in [0.717, 1.165) is 19.3 Å². The minimum Gasteiger partial charge on any atom is -0.370 e. The summed E-state index contributed by atoms with van der Waals surface area (Å²) in [5.74, 6) is 0.224. The maximum atomic E-state index is 13.3. The highest BCUT2D eigenvalue weighted by atomic mass is 35.5. The highest BCUT2D eigenvalue weighted by Crippen LogP contribution is 2.34. The number of nitrogens with zero attached hydrogens (tertiary/aromatic N) is 3. The molecule has 3 heterocycles. The van der Waals surface area contributed by atoms with Crippen LogP contribution in [-0.4, -0.2) is 67.4 Å². The van der Waals surface area contributed by atoms with E-state index in [2.05, 4.69) is 4.98 Å². The molecule has 0 saturated carbocycles. The van der Waals surface area contributed by atoms with Crippen molar-refractivity contribution in [3.05, 3.63) is 58.3 Å². The number of benzene rings is 1. The van der Waals surface area contributed by atoms with Crippen LogP contribution in [0.15, 0.2) is 47.6 Å². The van der Waals surface area contributed by atoms with Crippen LogP contribution in [0, 0.1) is 0 Å². The van der Waals surface area contributed by atoms with E-state index < -0.39 is 10.0 Å². The number of halogens is 2. The molecular weight excluding hydrogens is 485 g/mol. The fourth-order valence-electron chi connectivity index (χ4n) is 4.57. The Morgan fingerprint density at radius 1 is 1.06 bits per heavy atom. The summed E-state index contributed by atoms with van der Waals surface area (Å²) in [6.45, 7) is 1.78. The highest BCUT2D eigenvalue weighted by molar-refractivity contribution is 7.89. The van der Waals surface area contributed by atoms with E-state index in [9.17, 15) is 13.2 Å². The molecule has 0 bridgehead atoms. The molecule has 2 unspecified atom stereocenters. The SMILES string of the molecule is O=C(COCC1CCCCN1S(=O)(=O)c1c(Cl)cccc1Cl)N1CCC(c2ccncc2)C1. The lowest BCUT2D eigenvalue weighted by Gasteiger charge is -2.34. The smallest absolute Gasteiger partial charge is 0.248 e. The Kier molecular flexibility index (Phi) is 7.91. The van der Waals surface area contributed by atoms with E-state index in [1.165, 1.54) is 22.0 Å². The van der Waals surface area contributed by atoms with Crippen LogP contribution in [0.4, 0.5) is 0 Å². The van der Waals surface area contributed by atoms with E-state index in [-0.39, 0.29) is 40.1 Å². The molecule has 2 atom stereocenters. The van der Waals surface area contributed by atoms with Crippen LogP contribution in [0.2, 0.25) is 10.0 Å². The molecule has 2 fully saturated rings. The second kappa shape index (κ2) is 10.7. The number of carbonyl (C=O) groups is 1. The summed E-state index contributed by atoms with van der Waals surface area (Å²) in [7, 11) is -3.89. The Morgan fingerprint density at radius 3 is 2.52 bits per heavy atom. The molecule has 4 rings (SSSR count). The number of ether oxygens (including phenoxy) is 1. The van der Waals surface area contributed by atoms with Gasteiger partial charge in [0.2, 0.25) is 15.9 Å². The predicted octanol–water partition coefficient (Wildman–Crippen LogP) is 3.96. The van der Waals surface area contributed by atoms with Crippen molar-refractivity contribution in [2.24, 2.45) is 0 Å². The second-order valence-corrected chi connectivity index (χ2v) is 11.1. The first-order chi connectivity index (χ1) is 15.9. The van der Waals surface area contributed by atoms with Crippen molar-refractivity contribution in [1.82, 2.24) is 14.2 Å². The number of piperidine rings is 1. The Hall–Kier alpha value is -1.71. The lowest BCUT2D eigenvalue weighted by atomic mass is 10.00. The van der Waals surface area contributed by atoms with Gasteiger partial charge in [0.25, 0.3) is 0 Å². The van der Waals surface area contributed by atoms with Gasteiger partial charge in [-0.1, -0.05) is 35.7 Å². The maximum Gasteiger partial charge on any atom is 0.248 e. The maximum absolute atomic E-state index is 13.3. The van der Waals surface area contributed by atoms with E-state index in [1.54, 1.807) is 18.5 Å². The largest absolute Gasteiger partial charge is 0.370 e. The Balaban J connectivity index is 1.35.